The minimum absolute atomic E-state index is 0. The van der Waals surface area contributed by atoms with Crippen LogP contribution in [0.1, 0.15) is 6.42 Å². The Hall–Kier alpha value is -0.669. The largest absolute Gasteiger partial charge is 0.455 e. The van der Waals surface area contributed by atoms with Crippen molar-refractivity contribution in [3.63, 3.8) is 0 Å². The molecule has 0 aliphatic rings. The fourth-order valence-electron chi connectivity index (χ4n) is 1.28. The van der Waals surface area contributed by atoms with Crippen molar-refractivity contribution in [3.05, 3.63) is 0 Å². The van der Waals surface area contributed by atoms with Gasteiger partial charge in [0.25, 0.3) is 0 Å². The van der Waals surface area contributed by atoms with Crippen LogP contribution < -0.4 is 5.32 Å². The summed E-state index contributed by atoms with van der Waals surface area (Å²) in [6, 6.07) is 1.06. The Morgan fingerprint density at radius 3 is 2.60 bits per heavy atom. The number of hydrogen-bond donors (Lipinski definition) is 2. The van der Waals surface area contributed by atoms with Crippen LogP contribution in [-0.4, -0.2) is 44.2 Å². The molecular formula is C7H20NO3RfSi3. The number of rotatable bonds is 8. The van der Waals surface area contributed by atoms with Gasteiger partial charge in [-0.25, -0.2) is 0 Å². The maximum Gasteiger partial charge on any atom is 0.331 e. The van der Waals surface area contributed by atoms with E-state index in [4.69, 9.17) is 9.22 Å². The van der Waals surface area contributed by atoms with Gasteiger partial charge in [-0.15, -0.1) is 0 Å². The van der Waals surface area contributed by atoms with Crippen LogP contribution in [-0.2, 0) is 8.58 Å². The van der Waals surface area contributed by atoms with Crippen molar-refractivity contribution in [2.24, 2.45) is 0 Å². The molecule has 15 heavy (non-hydrogen) atoms. The van der Waals surface area contributed by atoms with Gasteiger partial charge in [0.05, 0.1) is 6.73 Å². The van der Waals surface area contributed by atoms with Crippen LogP contribution in [0.15, 0.2) is 0 Å². The Bertz CT molecular complexity index is 174. The van der Waals surface area contributed by atoms with E-state index in [0.717, 1.165) is 19.0 Å². The predicted octanol–water partition coefficient (Wildman–Crippen LogP) is 0.0376. The molecule has 0 aromatic rings. The third kappa shape index (κ3) is 9.63. The summed E-state index contributed by atoms with van der Waals surface area (Å²) >= 11 is 0. The van der Waals surface area contributed by atoms with E-state index in [9.17, 15) is 4.46 Å². The molecule has 0 aromatic heterocycles. The second-order valence-electron chi connectivity index (χ2n) is 3.90. The SMILES string of the molecule is C[SiH](O[Si](C)(C)CCCNCO)[Si]=O.[Rf]. The number of hydrogen-bond acceptors (Lipinski definition) is 4. The maximum atomic E-state index is 10.6. The standard InChI is InChI=1S/C7H20NO3Si3.Rf/c1-13(12-10)11-14(2,3)6-4-5-8-7-9;/h8-9,13H,4-7H2,1-3H3;. The number of aliphatic hydroxyl groups is 1. The summed E-state index contributed by atoms with van der Waals surface area (Å²) in [6.45, 7) is 7.17. The molecule has 0 aliphatic heterocycles. The summed E-state index contributed by atoms with van der Waals surface area (Å²) in [5.74, 6) is 0. The number of aliphatic hydroxyl groups excluding tert-OH is 1. The van der Waals surface area contributed by atoms with Crippen LogP contribution in [0.3, 0.4) is 0 Å². The van der Waals surface area contributed by atoms with Crippen LogP contribution >= 0.6 is 0 Å². The Morgan fingerprint density at radius 2 is 2.13 bits per heavy atom. The van der Waals surface area contributed by atoms with E-state index < -0.39 is 16.9 Å². The molecule has 0 saturated heterocycles. The predicted molar refractivity (Wildman–Crippen MR) is 62.5 cm³/mol. The topological polar surface area (TPSA) is 58.6 Å². The molecule has 4 nitrogen and oxygen atoms in total. The Morgan fingerprint density at radius 1 is 1.53 bits per heavy atom. The second kappa shape index (κ2) is 8.62. The average Bonchev–Trinajstić information content (AvgIpc) is 2.12. The molecule has 0 fully saturated rings. The zero-order valence-corrected chi connectivity index (χ0v) is 19.4. The van der Waals surface area contributed by atoms with Gasteiger partial charge >= 0.3 is 8.92 Å². The zero-order valence-electron chi connectivity index (χ0n) is 9.88. The molecule has 1 unspecified atom stereocenters. The van der Waals surface area contributed by atoms with Gasteiger partial charge < -0.3 is 13.7 Å². The molecule has 85 valence electrons. The molecule has 0 heterocycles. The van der Waals surface area contributed by atoms with Crippen LogP contribution in [0.5, 0.6) is 0 Å². The Balaban J connectivity index is 0. The van der Waals surface area contributed by atoms with Crippen molar-refractivity contribution >= 4 is 25.8 Å². The second-order valence-corrected chi connectivity index (χ2v) is 13.5. The molecule has 0 amide bonds. The van der Waals surface area contributed by atoms with E-state index in [1.165, 1.54) is 0 Å². The summed E-state index contributed by atoms with van der Waals surface area (Å²) < 4.78 is 16.5. The minimum Gasteiger partial charge on any atom is -0.455 e. The molecule has 1 atom stereocenters. The van der Waals surface area contributed by atoms with Gasteiger partial charge in [0, 0.05) is 0 Å². The molecule has 2 N–H and O–H groups in total. The van der Waals surface area contributed by atoms with Gasteiger partial charge in [0.15, 0.2) is 8.32 Å². The summed E-state index contributed by atoms with van der Waals surface area (Å²) in [5.41, 5.74) is 0. The van der Waals surface area contributed by atoms with Gasteiger partial charge in [-0.3, -0.25) is 5.32 Å². The third-order valence-corrected chi connectivity index (χ3v) is 9.82. The van der Waals surface area contributed by atoms with E-state index in [0.29, 0.717) is 0 Å². The van der Waals surface area contributed by atoms with Gasteiger partial charge in [-0.1, -0.05) is 0 Å². The average molecular weight is 517 g/mol. The van der Waals surface area contributed by atoms with Crippen molar-refractivity contribution in [2.45, 2.75) is 32.1 Å². The summed E-state index contributed by atoms with van der Waals surface area (Å²) in [6.07, 6.45) is 1.02. The van der Waals surface area contributed by atoms with Gasteiger partial charge in [-0.2, -0.15) is 0 Å². The molecule has 0 aliphatic carbocycles. The summed E-state index contributed by atoms with van der Waals surface area (Å²) in [5, 5.41) is 11.4. The summed E-state index contributed by atoms with van der Waals surface area (Å²) in [7, 11) is -3.24. The molecule has 0 aromatic carbocycles. The Kier molecular flexibility index (Phi) is 9.63. The normalized spacial score (nSPS) is 13.1. The molecular weight excluding hydrogens is 497 g/mol. The zero-order chi connectivity index (χ0) is 11.0. The van der Waals surface area contributed by atoms with E-state index >= 15 is 0 Å². The van der Waals surface area contributed by atoms with Crippen LogP contribution in [0, 0.1) is 0 Å². The van der Waals surface area contributed by atoms with Crippen molar-refractivity contribution in [3.8, 4) is 0 Å². The summed E-state index contributed by atoms with van der Waals surface area (Å²) in [4.78, 5) is 0. The Labute approximate surface area is 90.6 Å². The fourth-order valence-corrected chi connectivity index (χ4v) is 10.1. The molecule has 0 saturated carbocycles. The first kappa shape index (κ1) is 16.7. The van der Waals surface area contributed by atoms with Crippen molar-refractivity contribution < 1.29 is 13.7 Å². The van der Waals surface area contributed by atoms with Crippen LogP contribution in [0.4, 0.5) is 0 Å². The van der Waals surface area contributed by atoms with E-state index in [1.807, 2.05) is 6.55 Å². The van der Waals surface area contributed by atoms with Gasteiger partial charge in [0.1, 0.15) is 0 Å². The number of nitrogens with one attached hydrogen (secondary N) is 1. The third-order valence-electron chi connectivity index (χ3n) is 1.91. The van der Waals surface area contributed by atoms with Crippen LogP contribution in [0.25, 0.3) is 0 Å². The maximum absolute atomic E-state index is 10.6. The van der Waals surface area contributed by atoms with E-state index in [-0.39, 0.29) is 15.7 Å². The van der Waals surface area contributed by atoms with Crippen LogP contribution in [0.2, 0.25) is 25.7 Å². The smallest absolute Gasteiger partial charge is 0.331 e. The molecule has 8 heteroatoms. The van der Waals surface area contributed by atoms with Gasteiger partial charge in [-0.05, 0) is 38.7 Å². The first-order chi connectivity index (χ1) is 6.52. The quantitative estimate of drug-likeness (QED) is 0.271. The first-order valence-corrected chi connectivity index (χ1v) is 12.3. The van der Waals surface area contributed by atoms with Gasteiger partial charge in [0.2, 0.25) is 8.56 Å². The monoisotopic (exact) mass is 517 g/mol. The van der Waals surface area contributed by atoms with Crippen molar-refractivity contribution in [1.29, 1.82) is 0 Å². The molecule has 0 bridgehead atoms. The molecule has 1 radical (unpaired) electrons. The molecule has 0 rings (SSSR count). The molecule has 0 spiro atoms. The van der Waals surface area contributed by atoms with E-state index in [2.05, 4.69) is 18.4 Å². The van der Waals surface area contributed by atoms with Crippen molar-refractivity contribution in [2.75, 3.05) is 13.3 Å². The minimum atomic E-state index is -1.59. The van der Waals surface area contributed by atoms with Crippen molar-refractivity contribution in [1.82, 2.24) is 5.32 Å². The first-order valence-electron chi connectivity index (χ1n) is 4.89. The fraction of sp³-hybridized carbons (Fsp3) is 1.00. The van der Waals surface area contributed by atoms with E-state index in [1.54, 1.807) is 0 Å².